The van der Waals surface area contributed by atoms with Gasteiger partial charge in [-0.1, -0.05) is 0 Å². The molecule has 6 heteroatoms. The van der Waals surface area contributed by atoms with Gasteiger partial charge in [-0.3, -0.25) is 9.59 Å². The third-order valence-corrected chi connectivity index (χ3v) is 1.97. The van der Waals surface area contributed by atoms with E-state index in [1.165, 1.54) is 13.8 Å². The summed E-state index contributed by atoms with van der Waals surface area (Å²) in [6.45, 7) is 2.71. The van der Waals surface area contributed by atoms with Crippen LogP contribution < -0.4 is 0 Å². The quantitative estimate of drug-likeness (QED) is 0.449. The van der Waals surface area contributed by atoms with Crippen LogP contribution in [-0.4, -0.2) is 36.7 Å². The van der Waals surface area contributed by atoms with E-state index < -0.39 is 11.9 Å². The Morgan fingerprint density at radius 2 is 1.00 bits per heavy atom. The molecule has 6 nitrogen and oxygen atoms in total. The normalized spacial score (nSPS) is 9.67. The van der Waals surface area contributed by atoms with E-state index in [4.69, 9.17) is 9.47 Å². The summed E-state index contributed by atoms with van der Waals surface area (Å²) in [4.78, 5) is 43.3. The molecule has 0 aliphatic carbocycles. The molecule has 0 fully saturated rings. The highest BCUT2D eigenvalue weighted by atomic mass is 16.6. The first-order chi connectivity index (χ1) is 8.41. The van der Waals surface area contributed by atoms with Crippen LogP contribution in [-0.2, 0) is 28.7 Å². The lowest BCUT2D eigenvalue weighted by Crippen LogP contribution is -2.14. The van der Waals surface area contributed by atoms with Crippen molar-refractivity contribution in [1.29, 1.82) is 0 Å². The minimum absolute atomic E-state index is 0.0353. The second-order valence-corrected chi connectivity index (χ2v) is 3.84. The molecule has 0 saturated heterocycles. The van der Waals surface area contributed by atoms with Crippen molar-refractivity contribution in [3.05, 3.63) is 0 Å². The highest BCUT2D eigenvalue weighted by Crippen LogP contribution is 1.96. The molecule has 0 rings (SSSR count). The summed E-state index contributed by atoms with van der Waals surface area (Å²) in [6.07, 6.45) is 0.371. The zero-order valence-electron chi connectivity index (χ0n) is 10.7. The first kappa shape index (κ1) is 16.3. The van der Waals surface area contributed by atoms with E-state index in [9.17, 15) is 19.2 Å². The number of ketones is 2. The van der Waals surface area contributed by atoms with Crippen molar-refractivity contribution < 1.29 is 28.7 Å². The predicted octanol–water partition coefficient (Wildman–Crippen LogP) is 0.811. The fourth-order valence-corrected chi connectivity index (χ4v) is 1.01. The van der Waals surface area contributed by atoms with E-state index in [1.807, 2.05) is 0 Å². The van der Waals surface area contributed by atoms with E-state index in [0.29, 0.717) is 0 Å². The van der Waals surface area contributed by atoms with Crippen molar-refractivity contribution >= 4 is 23.5 Å². The largest absolute Gasteiger partial charge is 0.462 e. The lowest BCUT2D eigenvalue weighted by atomic mass is 10.2. The van der Waals surface area contributed by atoms with Crippen LogP contribution in [0.15, 0.2) is 0 Å². The molecule has 0 bridgehead atoms. The predicted molar refractivity (Wildman–Crippen MR) is 61.7 cm³/mol. The van der Waals surface area contributed by atoms with Crippen molar-refractivity contribution in [2.24, 2.45) is 0 Å². The molecule has 0 aromatic heterocycles. The number of esters is 2. The number of carbonyl (C=O) groups is 4. The van der Waals surface area contributed by atoms with Gasteiger partial charge in [-0.2, -0.15) is 0 Å². The molecule has 0 heterocycles. The summed E-state index contributed by atoms with van der Waals surface area (Å²) in [5.74, 6) is -1.15. The molecule has 102 valence electrons. The lowest BCUT2D eigenvalue weighted by molar-refractivity contribution is -0.152. The van der Waals surface area contributed by atoms with Crippen molar-refractivity contribution in [2.75, 3.05) is 13.2 Å². The van der Waals surface area contributed by atoms with Gasteiger partial charge in [0.05, 0.1) is 12.8 Å². The average molecular weight is 258 g/mol. The maximum absolute atomic E-state index is 11.0. The molecule has 0 aliphatic rings. The molecule has 18 heavy (non-hydrogen) atoms. The Labute approximate surface area is 106 Å². The van der Waals surface area contributed by atoms with Crippen LogP contribution in [0.5, 0.6) is 0 Å². The molecule has 0 aromatic carbocycles. The molecule has 0 atom stereocenters. The topological polar surface area (TPSA) is 86.7 Å². The fourth-order valence-electron chi connectivity index (χ4n) is 1.01. The Morgan fingerprint density at radius 3 is 1.28 bits per heavy atom. The van der Waals surface area contributed by atoms with E-state index in [2.05, 4.69) is 0 Å². The van der Waals surface area contributed by atoms with Gasteiger partial charge in [0.2, 0.25) is 0 Å². The van der Waals surface area contributed by atoms with Crippen LogP contribution in [0, 0.1) is 0 Å². The van der Waals surface area contributed by atoms with Crippen molar-refractivity contribution in [2.45, 2.75) is 39.5 Å². The molecule has 0 radical (unpaired) electrons. The molecule has 0 saturated carbocycles. The second-order valence-electron chi connectivity index (χ2n) is 3.84. The summed E-state index contributed by atoms with van der Waals surface area (Å²) in [7, 11) is 0. The number of hydrogen-bond donors (Lipinski definition) is 0. The maximum atomic E-state index is 11.0. The smallest absolute Gasteiger partial charge is 0.306 e. The minimum Gasteiger partial charge on any atom is -0.462 e. The van der Waals surface area contributed by atoms with Gasteiger partial charge in [-0.15, -0.1) is 0 Å². The zero-order valence-corrected chi connectivity index (χ0v) is 10.7. The molecule has 0 aromatic rings. The molecular formula is C12H18O6. The summed E-state index contributed by atoms with van der Waals surface area (Å²) >= 11 is 0. The molecule has 0 spiro atoms. The minimum atomic E-state index is -0.495. The standard InChI is InChI=1S/C12H18O6/c1-9(13)3-5-11(15)17-7-8-18-12(16)6-4-10(2)14/h3-8H2,1-2H3. The Balaban J connectivity index is 3.49. The van der Waals surface area contributed by atoms with E-state index in [-0.39, 0.29) is 50.5 Å². The van der Waals surface area contributed by atoms with Gasteiger partial charge in [0, 0.05) is 12.8 Å². The van der Waals surface area contributed by atoms with Gasteiger partial charge in [-0.25, -0.2) is 0 Å². The monoisotopic (exact) mass is 258 g/mol. The maximum Gasteiger partial charge on any atom is 0.306 e. The zero-order chi connectivity index (χ0) is 14.0. The summed E-state index contributed by atoms with van der Waals surface area (Å²) in [5.41, 5.74) is 0. The average Bonchev–Trinajstić information content (AvgIpc) is 2.29. The SMILES string of the molecule is CC(=O)CCC(=O)OCCOC(=O)CCC(C)=O. The highest BCUT2D eigenvalue weighted by Gasteiger charge is 2.07. The van der Waals surface area contributed by atoms with Crippen LogP contribution in [0.3, 0.4) is 0 Å². The number of rotatable bonds is 9. The number of carbonyl (C=O) groups excluding carboxylic acids is 4. The van der Waals surface area contributed by atoms with Gasteiger partial charge in [-0.05, 0) is 13.8 Å². The van der Waals surface area contributed by atoms with Crippen LogP contribution >= 0.6 is 0 Å². The van der Waals surface area contributed by atoms with Gasteiger partial charge >= 0.3 is 11.9 Å². The van der Waals surface area contributed by atoms with Crippen molar-refractivity contribution in [3.63, 3.8) is 0 Å². The Bertz CT molecular complexity index is 289. The summed E-state index contributed by atoms with van der Waals surface area (Å²) in [5, 5.41) is 0. The number of Topliss-reactive ketones (excluding diaryl/α,β-unsaturated/α-hetero) is 2. The molecular weight excluding hydrogens is 240 g/mol. The first-order valence-electron chi connectivity index (χ1n) is 5.72. The van der Waals surface area contributed by atoms with Gasteiger partial charge in [0.15, 0.2) is 0 Å². The van der Waals surface area contributed by atoms with Gasteiger partial charge in [0.1, 0.15) is 24.8 Å². The molecule has 0 aliphatic heterocycles. The molecule has 0 N–H and O–H groups in total. The van der Waals surface area contributed by atoms with Crippen LogP contribution in [0.25, 0.3) is 0 Å². The van der Waals surface area contributed by atoms with Crippen molar-refractivity contribution in [1.82, 2.24) is 0 Å². The number of ether oxygens (including phenoxy) is 2. The Hall–Kier alpha value is -1.72. The molecule has 0 amide bonds. The third-order valence-electron chi connectivity index (χ3n) is 1.97. The van der Waals surface area contributed by atoms with E-state index >= 15 is 0 Å². The lowest BCUT2D eigenvalue weighted by Gasteiger charge is -2.05. The van der Waals surface area contributed by atoms with E-state index in [1.54, 1.807) is 0 Å². The summed E-state index contributed by atoms with van der Waals surface area (Å²) in [6, 6.07) is 0. The van der Waals surface area contributed by atoms with Crippen LogP contribution in [0.2, 0.25) is 0 Å². The molecule has 0 unspecified atom stereocenters. The van der Waals surface area contributed by atoms with Crippen LogP contribution in [0.1, 0.15) is 39.5 Å². The first-order valence-corrected chi connectivity index (χ1v) is 5.72. The Kier molecular flexibility index (Phi) is 8.43. The van der Waals surface area contributed by atoms with Crippen molar-refractivity contribution in [3.8, 4) is 0 Å². The van der Waals surface area contributed by atoms with Crippen LogP contribution in [0.4, 0.5) is 0 Å². The Morgan fingerprint density at radius 1 is 0.667 bits per heavy atom. The van der Waals surface area contributed by atoms with Gasteiger partial charge in [0.25, 0.3) is 0 Å². The highest BCUT2D eigenvalue weighted by molar-refractivity contribution is 5.81. The number of hydrogen-bond acceptors (Lipinski definition) is 6. The van der Waals surface area contributed by atoms with Gasteiger partial charge < -0.3 is 19.1 Å². The third kappa shape index (κ3) is 10.8. The summed E-state index contributed by atoms with van der Waals surface area (Å²) < 4.78 is 9.47. The van der Waals surface area contributed by atoms with E-state index in [0.717, 1.165) is 0 Å². The fraction of sp³-hybridized carbons (Fsp3) is 0.667. The second kappa shape index (κ2) is 9.32.